The molecule has 110 valence electrons. The van der Waals surface area contributed by atoms with Crippen LogP contribution in [0.4, 0.5) is 0 Å². The monoisotopic (exact) mass is 272 g/mol. The molecule has 1 heterocycles. The average molecular weight is 272 g/mol. The normalized spacial score (nSPS) is 19.2. The van der Waals surface area contributed by atoms with Crippen LogP contribution < -0.4 is 5.32 Å². The van der Waals surface area contributed by atoms with Gasteiger partial charge in [-0.2, -0.15) is 0 Å². The van der Waals surface area contributed by atoms with Crippen LogP contribution in [0.15, 0.2) is 36.4 Å². The molecular weight excluding hydrogens is 244 g/mol. The molecule has 2 rings (SSSR count). The molecule has 2 nitrogen and oxygen atoms in total. The summed E-state index contributed by atoms with van der Waals surface area (Å²) in [6.45, 7) is 6.94. The second-order valence-electron chi connectivity index (χ2n) is 5.72. The van der Waals surface area contributed by atoms with E-state index in [1.807, 2.05) is 0 Å². The highest BCUT2D eigenvalue weighted by molar-refractivity contribution is 5.48. The van der Waals surface area contributed by atoms with Gasteiger partial charge in [-0.15, -0.1) is 0 Å². The zero-order chi connectivity index (χ0) is 14.0. The topological polar surface area (TPSA) is 15.3 Å². The van der Waals surface area contributed by atoms with Crippen molar-refractivity contribution in [1.82, 2.24) is 10.2 Å². The van der Waals surface area contributed by atoms with Crippen LogP contribution in [0.2, 0.25) is 0 Å². The molecule has 1 unspecified atom stereocenters. The van der Waals surface area contributed by atoms with Gasteiger partial charge in [0.15, 0.2) is 0 Å². The van der Waals surface area contributed by atoms with Gasteiger partial charge in [-0.25, -0.2) is 0 Å². The Morgan fingerprint density at radius 1 is 1.30 bits per heavy atom. The number of hydrogen-bond acceptors (Lipinski definition) is 2. The third-order valence-electron chi connectivity index (χ3n) is 3.94. The molecule has 2 heteroatoms. The van der Waals surface area contributed by atoms with Crippen LogP contribution in [-0.4, -0.2) is 37.1 Å². The fraction of sp³-hybridized carbons (Fsp3) is 0.556. The van der Waals surface area contributed by atoms with Gasteiger partial charge in [0.2, 0.25) is 0 Å². The molecule has 1 N–H and O–H groups in total. The first-order chi connectivity index (χ1) is 9.88. The van der Waals surface area contributed by atoms with Gasteiger partial charge in [0.1, 0.15) is 0 Å². The molecule has 1 aliphatic heterocycles. The molecule has 0 spiro atoms. The lowest BCUT2D eigenvalue weighted by atomic mass is 10.2. The van der Waals surface area contributed by atoms with Crippen LogP contribution >= 0.6 is 0 Å². The summed E-state index contributed by atoms with van der Waals surface area (Å²) in [5.74, 6) is 0. The number of rotatable bonds is 8. The predicted molar refractivity (Wildman–Crippen MR) is 87.8 cm³/mol. The van der Waals surface area contributed by atoms with Crippen molar-refractivity contribution in [2.24, 2.45) is 0 Å². The maximum Gasteiger partial charge on any atom is 0.0195 e. The summed E-state index contributed by atoms with van der Waals surface area (Å²) in [6.07, 6.45) is 9.79. The molecule has 1 atom stereocenters. The standard InChI is InChI=1S/C18H28N2/c1-2-3-14-20(16-18-12-7-13-19-18)15-8-11-17-9-5-4-6-10-17/h4-6,8-11,18-19H,2-3,7,12-16H2,1H3/b11-8+. The molecule has 1 aromatic rings. The first-order valence-corrected chi connectivity index (χ1v) is 8.06. The Balaban J connectivity index is 1.81. The molecule has 1 aliphatic rings. The summed E-state index contributed by atoms with van der Waals surface area (Å²) in [5, 5.41) is 3.61. The fourth-order valence-corrected chi connectivity index (χ4v) is 2.77. The summed E-state index contributed by atoms with van der Waals surface area (Å²) in [5.41, 5.74) is 1.29. The minimum atomic E-state index is 0.706. The molecule has 0 bridgehead atoms. The fourth-order valence-electron chi connectivity index (χ4n) is 2.77. The summed E-state index contributed by atoms with van der Waals surface area (Å²) in [7, 11) is 0. The van der Waals surface area contributed by atoms with Crippen molar-refractivity contribution in [3.63, 3.8) is 0 Å². The lowest BCUT2D eigenvalue weighted by Gasteiger charge is -2.24. The molecule has 0 amide bonds. The second-order valence-corrected chi connectivity index (χ2v) is 5.72. The Morgan fingerprint density at radius 3 is 2.85 bits per heavy atom. The molecule has 0 radical (unpaired) electrons. The van der Waals surface area contributed by atoms with Gasteiger partial charge in [0.25, 0.3) is 0 Å². The van der Waals surface area contributed by atoms with Crippen LogP contribution in [0.5, 0.6) is 0 Å². The molecular formula is C18H28N2. The van der Waals surface area contributed by atoms with E-state index >= 15 is 0 Å². The zero-order valence-corrected chi connectivity index (χ0v) is 12.7. The first kappa shape index (κ1) is 15.3. The maximum absolute atomic E-state index is 3.61. The largest absolute Gasteiger partial charge is 0.313 e. The van der Waals surface area contributed by atoms with E-state index in [1.54, 1.807) is 0 Å². The summed E-state index contributed by atoms with van der Waals surface area (Å²) in [6, 6.07) is 11.3. The quantitative estimate of drug-likeness (QED) is 0.778. The van der Waals surface area contributed by atoms with Gasteiger partial charge in [-0.3, -0.25) is 4.90 Å². The smallest absolute Gasteiger partial charge is 0.0195 e. The number of benzene rings is 1. The summed E-state index contributed by atoms with van der Waals surface area (Å²) in [4.78, 5) is 2.59. The molecule has 0 saturated carbocycles. The minimum Gasteiger partial charge on any atom is -0.313 e. The lowest BCUT2D eigenvalue weighted by Crippen LogP contribution is -2.38. The van der Waals surface area contributed by atoms with E-state index in [1.165, 1.54) is 50.9 Å². The Labute approximate surface area is 123 Å². The molecule has 1 aromatic carbocycles. The summed E-state index contributed by atoms with van der Waals surface area (Å²) < 4.78 is 0. The van der Waals surface area contributed by atoms with Crippen LogP contribution in [0, 0.1) is 0 Å². The molecule has 20 heavy (non-hydrogen) atoms. The van der Waals surface area contributed by atoms with Crippen molar-refractivity contribution in [3.8, 4) is 0 Å². The van der Waals surface area contributed by atoms with Gasteiger partial charge in [0, 0.05) is 19.1 Å². The van der Waals surface area contributed by atoms with Gasteiger partial charge < -0.3 is 5.32 Å². The van der Waals surface area contributed by atoms with E-state index in [0.717, 1.165) is 6.54 Å². The van der Waals surface area contributed by atoms with E-state index < -0.39 is 0 Å². The van der Waals surface area contributed by atoms with E-state index in [-0.39, 0.29) is 0 Å². The molecule has 1 saturated heterocycles. The van der Waals surface area contributed by atoms with Crippen LogP contribution in [0.1, 0.15) is 38.2 Å². The molecule has 0 aromatic heterocycles. The Morgan fingerprint density at radius 2 is 2.15 bits per heavy atom. The molecule has 0 aliphatic carbocycles. The number of hydrogen-bond donors (Lipinski definition) is 1. The van der Waals surface area contributed by atoms with Crippen molar-refractivity contribution in [2.75, 3.05) is 26.2 Å². The number of unbranched alkanes of at least 4 members (excludes halogenated alkanes) is 1. The maximum atomic E-state index is 3.61. The zero-order valence-electron chi connectivity index (χ0n) is 12.7. The van der Waals surface area contributed by atoms with Crippen molar-refractivity contribution in [1.29, 1.82) is 0 Å². The third-order valence-corrected chi connectivity index (χ3v) is 3.94. The van der Waals surface area contributed by atoms with Gasteiger partial charge >= 0.3 is 0 Å². The highest BCUT2D eigenvalue weighted by Gasteiger charge is 2.16. The first-order valence-electron chi connectivity index (χ1n) is 8.06. The van der Waals surface area contributed by atoms with Gasteiger partial charge in [-0.05, 0) is 37.9 Å². The SMILES string of the molecule is CCCCN(C/C=C/c1ccccc1)CC1CCCN1. The van der Waals surface area contributed by atoms with E-state index in [2.05, 4.69) is 59.6 Å². The van der Waals surface area contributed by atoms with E-state index in [9.17, 15) is 0 Å². The van der Waals surface area contributed by atoms with Crippen molar-refractivity contribution >= 4 is 6.08 Å². The summed E-state index contributed by atoms with van der Waals surface area (Å²) >= 11 is 0. The Hall–Kier alpha value is -1.12. The number of nitrogens with one attached hydrogen (secondary N) is 1. The highest BCUT2D eigenvalue weighted by Crippen LogP contribution is 2.08. The van der Waals surface area contributed by atoms with Gasteiger partial charge in [0.05, 0.1) is 0 Å². The van der Waals surface area contributed by atoms with Crippen molar-refractivity contribution in [3.05, 3.63) is 42.0 Å². The van der Waals surface area contributed by atoms with E-state index in [4.69, 9.17) is 0 Å². The van der Waals surface area contributed by atoms with Crippen LogP contribution in [-0.2, 0) is 0 Å². The molecule has 1 fully saturated rings. The van der Waals surface area contributed by atoms with Crippen LogP contribution in [0.3, 0.4) is 0 Å². The lowest BCUT2D eigenvalue weighted by molar-refractivity contribution is 0.270. The highest BCUT2D eigenvalue weighted by atomic mass is 15.1. The number of nitrogens with zero attached hydrogens (tertiary/aromatic N) is 1. The minimum absolute atomic E-state index is 0.706. The Bertz CT molecular complexity index is 380. The Kier molecular flexibility index (Phi) is 6.82. The second kappa shape index (κ2) is 8.93. The predicted octanol–water partition coefficient (Wildman–Crippen LogP) is 3.55. The third kappa shape index (κ3) is 5.48. The van der Waals surface area contributed by atoms with Crippen molar-refractivity contribution < 1.29 is 0 Å². The average Bonchev–Trinajstić information content (AvgIpc) is 2.98. The van der Waals surface area contributed by atoms with E-state index in [0.29, 0.717) is 6.04 Å². The van der Waals surface area contributed by atoms with Gasteiger partial charge in [-0.1, -0.05) is 55.8 Å². The van der Waals surface area contributed by atoms with Crippen LogP contribution in [0.25, 0.3) is 6.08 Å². The van der Waals surface area contributed by atoms with Crippen molar-refractivity contribution in [2.45, 2.75) is 38.6 Å².